The highest BCUT2D eigenvalue weighted by molar-refractivity contribution is 5.84. The van der Waals surface area contributed by atoms with Gasteiger partial charge in [-0.15, -0.1) is 0 Å². The second-order valence-corrected chi connectivity index (χ2v) is 4.11. The molecule has 0 radical (unpaired) electrons. The minimum absolute atomic E-state index is 0.235. The van der Waals surface area contributed by atoms with Crippen LogP contribution >= 0.6 is 0 Å². The summed E-state index contributed by atoms with van der Waals surface area (Å²) in [5.74, 6) is -0.235. The molecule has 3 N–H and O–H groups in total. The number of rotatable bonds is 1. The summed E-state index contributed by atoms with van der Waals surface area (Å²) in [4.78, 5) is 3.02. The van der Waals surface area contributed by atoms with Crippen LogP contribution in [0.4, 0.5) is 4.39 Å². The van der Waals surface area contributed by atoms with Crippen LogP contribution in [0.2, 0.25) is 0 Å². The number of nitrogens with two attached hydrogens (primary N) is 1. The van der Waals surface area contributed by atoms with Gasteiger partial charge >= 0.3 is 0 Å². The van der Waals surface area contributed by atoms with Crippen molar-refractivity contribution < 1.29 is 4.39 Å². The maximum absolute atomic E-state index is 12.9. The second kappa shape index (κ2) is 2.82. The lowest BCUT2D eigenvalue weighted by Gasteiger charge is -2.17. The van der Waals surface area contributed by atoms with Crippen molar-refractivity contribution in [2.75, 3.05) is 0 Å². The predicted octanol–water partition coefficient (Wildman–Crippen LogP) is 2.50. The zero-order chi connectivity index (χ0) is 10.3. The molecule has 0 fully saturated rings. The summed E-state index contributed by atoms with van der Waals surface area (Å²) in [5, 5.41) is 0.985. The monoisotopic (exact) mass is 192 g/mol. The molecule has 2 nitrogen and oxygen atoms in total. The molecule has 1 aromatic heterocycles. The highest BCUT2D eigenvalue weighted by Gasteiger charge is 2.18. The van der Waals surface area contributed by atoms with Gasteiger partial charge in [-0.2, -0.15) is 0 Å². The molecule has 1 heterocycles. The Bertz CT molecular complexity index is 466. The number of H-pyrrole nitrogens is 1. The van der Waals surface area contributed by atoms with Gasteiger partial charge in [-0.1, -0.05) is 0 Å². The van der Waals surface area contributed by atoms with Crippen molar-refractivity contribution in [3.8, 4) is 0 Å². The molecule has 0 bridgehead atoms. The smallest absolute Gasteiger partial charge is 0.125 e. The average molecular weight is 192 g/mol. The van der Waals surface area contributed by atoms with Crippen molar-refractivity contribution in [2.24, 2.45) is 5.73 Å². The van der Waals surface area contributed by atoms with Crippen LogP contribution in [0.25, 0.3) is 10.9 Å². The fraction of sp³-hybridized carbons (Fsp3) is 0.273. The Kier molecular flexibility index (Phi) is 1.86. The summed E-state index contributed by atoms with van der Waals surface area (Å²) in [5.41, 5.74) is 7.38. The first-order valence-corrected chi connectivity index (χ1v) is 4.54. The molecule has 1 aromatic carbocycles. The fourth-order valence-electron chi connectivity index (χ4n) is 1.63. The first-order chi connectivity index (χ1) is 6.48. The van der Waals surface area contributed by atoms with Crippen LogP contribution in [-0.2, 0) is 5.54 Å². The number of fused-ring (bicyclic) bond motifs is 1. The van der Waals surface area contributed by atoms with E-state index in [0.29, 0.717) is 0 Å². The van der Waals surface area contributed by atoms with E-state index in [0.717, 1.165) is 16.5 Å². The van der Waals surface area contributed by atoms with Crippen LogP contribution in [0.1, 0.15) is 19.4 Å². The van der Waals surface area contributed by atoms with E-state index in [1.807, 2.05) is 20.0 Å². The molecule has 0 spiro atoms. The zero-order valence-electron chi connectivity index (χ0n) is 8.26. The van der Waals surface area contributed by atoms with Crippen molar-refractivity contribution >= 4 is 10.9 Å². The van der Waals surface area contributed by atoms with Crippen LogP contribution in [0.15, 0.2) is 24.4 Å². The Hall–Kier alpha value is -1.35. The number of aromatic nitrogens is 1. The molecule has 14 heavy (non-hydrogen) atoms. The first-order valence-electron chi connectivity index (χ1n) is 4.54. The molecule has 0 amide bonds. The predicted molar refractivity (Wildman–Crippen MR) is 55.5 cm³/mol. The molecule has 2 aromatic rings. The molecule has 0 saturated carbocycles. The normalized spacial score (nSPS) is 12.3. The van der Waals surface area contributed by atoms with Gasteiger partial charge in [0.2, 0.25) is 0 Å². The van der Waals surface area contributed by atoms with E-state index < -0.39 is 5.54 Å². The van der Waals surface area contributed by atoms with Crippen molar-refractivity contribution in [3.63, 3.8) is 0 Å². The number of nitrogens with one attached hydrogen (secondary N) is 1. The van der Waals surface area contributed by atoms with Crippen LogP contribution in [0.3, 0.4) is 0 Å². The molecule has 0 saturated heterocycles. The van der Waals surface area contributed by atoms with Gasteiger partial charge in [0.25, 0.3) is 0 Å². The molecular formula is C11H13FN2. The first kappa shape index (κ1) is 9.21. The average Bonchev–Trinajstić information content (AvgIpc) is 2.45. The van der Waals surface area contributed by atoms with Crippen LogP contribution in [0, 0.1) is 5.82 Å². The maximum atomic E-state index is 12.9. The summed E-state index contributed by atoms with van der Waals surface area (Å²) in [7, 11) is 0. The number of aromatic amines is 1. The topological polar surface area (TPSA) is 41.8 Å². The van der Waals surface area contributed by atoms with E-state index in [4.69, 9.17) is 5.73 Å². The molecule has 0 unspecified atom stereocenters. The largest absolute Gasteiger partial charge is 0.361 e. The molecule has 0 aliphatic carbocycles. The Morgan fingerprint density at radius 1 is 1.36 bits per heavy atom. The van der Waals surface area contributed by atoms with Gasteiger partial charge in [-0.3, -0.25) is 0 Å². The lowest BCUT2D eigenvalue weighted by atomic mass is 9.95. The van der Waals surface area contributed by atoms with Crippen LogP contribution in [-0.4, -0.2) is 4.98 Å². The van der Waals surface area contributed by atoms with Gasteiger partial charge in [0.05, 0.1) is 0 Å². The summed E-state index contributed by atoms with van der Waals surface area (Å²) in [6.45, 7) is 3.86. The van der Waals surface area contributed by atoms with E-state index in [1.165, 1.54) is 12.1 Å². The van der Waals surface area contributed by atoms with E-state index in [2.05, 4.69) is 4.98 Å². The molecule has 74 valence electrons. The SMILES string of the molecule is CC(C)(N)c1c[nH]c2cc(F)ccc12. The quantitative estimate of drug-likeness (QED) is 0.716. The molecule has 0 aliphatic heterocycles. The standard InChI is InChI=1S/C11H13FN2/c1-11(2,13)9-6-14-10-5-7(12)3-4-8(9)10/h3-6,14H,13H2,1-2H3. The third-order valence-electron chi connectivity index (χ3n) is 2.34. The van der Waals surface area contributed by atoms with Crippen LogP contribution in [0.5, 0.6) is 0 Å². The third kappa shape index (κ3) is 1.40. The van der Waals surface area contributed by atoms with Crippen molar-refractivity contribution in [1.82, 2.24) is 4.98 Å². The minimum atomic E-state index is -0.407. The van der Waals surface area contributed by atoms with Crippen molar-refractivity contribution in [2.45, 2.75) is 19.4 Å². The van der Waals surface area contributed by atoms with E-state index >= 15 is 0 Å². The van der Waals surface area contributed by atoms with E-state index in [1.54, 1.807) is 6.07 Å². The number of hydrogen-bond donors (Lipinski definition) is 2. The summed E-state index contributed by atoms with van der Waals surface area (Å²) < 4.78 is 12.9. The molecule has 2 rings (SSSR count). The van der Waals surface area contributed by atoms with Gasteiger partial charge < -0.3 is 10.7 Å². The zero-order valence-corrected chi connectivity index (χ0v) is 8.26. The molecule has 0 atom stereocenters. The fourth-order valence-corrected chi connectivity index (χ4v) is 1.63. The summed E-state index contributed by atoms with van der Waals surface area (Å²) in [6.07, 6.45) is 1.84. The maximum Gasteiger partial charge on any atom is 0.125 e. The van der Waals surface area contributed by atoms with Gasteiger partial charge in [-0.25, -0.2) is 4.39 Å². The Morgan fingerprint density at radius 3 is 2.71 bits per heavy atom. The second-order valence-electron chi connectivity index (χ2n) is 4.11. The number of hydrogen-bond acceptors (Lipinski definition) is 1. The summed E-state index contributed by atoms with van der Waals surface area (Å²) in [6, 6.07) is 4.68. The lowest BCUT2D eigenvalue weighted by molar-refractivity contribution is 0.559. The van der Waals surface area contributed by atoms with E-state index in [9.17, 15) is 4.39 Å². The van der Waals surface area contributed by atoms with Crippen molar-refractivity contribution in [3.05, 3.63) is 35.8 Å². The Labute approximate surface area is 81.9 Å². The molecule has 3 heteroatoms. The van der Waals surface area contributed by atoms with Gasteiger partial charge in [0, 0.05) is 22.6 Å². The minimum Gasteiger partial charge on any atom is -0.361 e. The third-order valence-corrected chi connectivity index (χ3v) is 2.34. The Morgan fingerprint density at radius 2 is 2.07 bits per heavy atom. The van der Waals surface area contributed by atoms with Gasteiger partial charge in [0.15, 0.2) is 0 Å². The number of benzene rings is 1. The van der Waals surface area contributed by atoms with Gasteiger partial charge in [0.1, 0.15) is 5.82 Å². The van der Waals surface area contributed by atoms with Crippen LogP contribution < -0.4 is 5.73 Å². The van der Waals surface area contributed by atoms with E-state index in [-0.39, 0.29) is 5.82 Å². The summed E-state index contributed by atoms with van der Waals surface area (Å²) >= 11 is 0. The lowest BCUT2D eigenvalue weighted by Crippen LogP contribution is -2.28. The number of halogens is 1. The molecule has 0 aliphatic rings. The van der Waals surface area contributed by atoms with Crippen molar-refractivity contribution in [1.29, 1.82) is 0 Å². The Balaban J connectivity index is 2.70. The molecular weight excluding hydrogens is 179 g/mol. The highest BCUT2D eigenvalue weighted by atomic mass is 19.1. The highest BCUT2D eigenvalue weighted by Crippen LogP contribution is 2.26. The van der Waals surface area contributed by atoms with Gasteiger partial charge in [-0.05, 0) is 37.6 Å².